The van der Waals surface area contributed by atoms with Gasteiger partial charge in [0.1, 0.15) is 0 Å². The zero-order valence-corrected chi connectivity index (χ0v) is 8.47. The van der Waals surface area contributed by atoms with Gasteiger partial charge in [0.15, 0.2) is 0 Å². The van der Waals surface area contributed by atoms with Crippen molar-refractivity contribution < 1.29 is 68.7 Å². The van der Waals surface area contributed by atoms with Gasteiger partial charge in [-0.05, 0) is 0 Å². The third kappa shape index (κ3) is 11.5. The molecule has 0 saturated heterocycles. The monoisotopic (exact) mass is 214 g/mol. The molecule has 0 aromatic heterocycles. The molecule has 0 bridgehead atoms. The van der Waals surface area contributed by atoms with Crippen LogP contribution in [0.5, 0.6) is 0 Å². The molecule has 0 radical (unpaired) electrons. The van der Waals surface area contributed by atoms with Crippen molar-refractivity contribution in [1.29, 1.82) is 0 Å². The van der Waals surface area contributed by atoms with Crippen LogP contribution in [0.3, 0.4) is 0 Å². The average Bonchev–Trinajstić information content (AvgIpc) is 1.35. The molecule has 0 aliphatic carbocycles. The molecule has 0 spiro atoms. The number of hydrogen-bond donors (Lipinski definition) is 0. The minimum absolute atomic E-state index is 0. The zero-order chi connectivity index (χ0) is 5.21. The Morgan fingerprint density at radius 2 is 1.71 bits per heavy atom. The molecule has 0 aromatic carbocycles. The summed E-state index contributed by atoms with van der Waals surface area (Å²) in [5.41, 5.74) is 0. The van der Waals surface area contributed by atoms with Gasteiger partial charge in [0.05, 0.1) is 0 Å². The quantitative estimate of drug-likeness (QED) is 0.330. The van der Waals surface area contributed by atoms with Gasteiger partial charge in [-0.3, -0.25) is 0 Å². The van der Waals surface area contributed by atoms with Crippen LogP contribution in [0.25, 0.3) is 0 Å². The number of rotatable bonds is 1. The van der Waals surface area contributed by atoms with Crippen LogP contribution in [0, 0.1) is 0 Å². The van der Waals surface area contributed by atoms with E-state index < -0.39 is 20.5 Å². The second-order valence-electron chi connectivity index (χ2n) is 0.448. The predicted molar refractivity (Wildman–Crippen MR) is 9.70 cm³/mol. The molecule has 0 atom stereocenters. The Balaban J connectivity index is 0. The van der Waals surface area contributed by atoms with E-state index in [0.717, 1.165) is 0 Å². The van der Waals surface area contributed by atoms with E-state index in [1.165, 1.54) is 0 Å². The van der Waals surface area contributed by atoms with Crippen molar-refractivity contribution in [2.75, 3.05) is 0 Å². The Hall–Kier alpha value is 1.95. The Labute approximate surface area is 76.3 Å². The summed E-state index contributed by atoms with van der Waals surface area (Å²) in [4.78, 5) is 0. The molecule has 7 heavy (non-hydrogen) atoms. The van der Waals surface area contributed by atoms with E-state index in [9.17, 15) is 13.0 Å². The Kier molecular flexibility index (Phi) is 8.02. The van der Waals surface area contributed by atoms with E-state index >= 15 is 0 Å². The van der Waals surface area contributed by atoms with Gasteiger partial charge in [-0.15, -0.1) is 0 Å². The first kappa shape index (κ1) is 11.7. The third-order valence-electron chi connectivity index (χ3n) is 0.0668. The van der Waals surface area contributed by atoms with Gasteiger partial charge in [0, 0.05) is 0 Å². The fraction of sp³-hybridized carbons (Fsp3) is 0. The molecule has 0 amide bonds. The van der Waals surface area contributed by atoms with Crippen LogP contribution in [-0.4, -0.2) is 13.0 Å². The van der Waals surface area contributed by atoms with E-state index in [0.29, 0.717) is 0 Å². The standard InChI is InChI=1S/Fe.Mn.Na.O3S/c;;;1-4(2)3/q;;+1;-1. The second-order valence-corrected chi connectivity index (χ2v) is 5.73. The molecule has 3 nitrogen and oxygen atoms in total. The smallest absolute Gasteiger partial charge is 1.00 e. The van der Waals surface area contributed by atoms with Crippen LogP contribution >= 0.6 is 0 Å². The van der Waals surface area contributed by atoms with Crippen molar-refractivity contribution in [2.24, 2.45) is 0 Å². The van der Waals surface area contributed by atoms with Crippen LogP contribution in [0.1, 0.15) is 0 Å². The maximum atomic E-state index is 9.40. The Morgan fingerprint density at radius 3 is 1.71 bits per heavy atom. The summed E-state index contributed by atoms with van der Waals surface area (Å²) in [5.74, 6) is 0. The van der Waals surface area contributed by atoms with E-state index in [2.05, 4.69) is 14.2 Å². The Morgan fingerprint density at radius 1 is 1.57 bits per heavy atom. The van der Waals surface area contributed by atoms with Crippen molar-refractivity contribution in [3.05, 3.63) is 0 Å². The summed E-state index contributed by atoms with van der Waals surface area (Å²) in [6.45, 7) is 0. The molecule has 40 valence electrons. The van der Waals surface area contributed by atoms with E-state index in [4.69, 9.17) is 0 Å². The molecule has 0 saturated carbocycles. The van der Waals surface area contributed by atoms with Crippen molar-refractivity contribution in [1.82, 2.24) is 0 Å². The maximum absolute atomic E-state index is 9.40. The molecule has 0 unspecified atom stereocenters. The van der Waals surface area contributed by atoms with E-state index in [-0.39, 0.29) is 29.6 Å². The summed E-state index contributed by atoms with van der Waals surface area (Å²) >= 11 is 2.10. The van der Waals surface area contributed by atoms with Gasteiger partial charge >= 0.3 is 77.3 Å². The summed E-state index contributed by atoms with van der Waals surface area (Å²) in [6, 6.07) is 0. The van der Waals surface area contributed by atoms with Crippen molar-refractivity contribution in [3.63, 3.8) is 0 Å². The molecular formula is FeMnNaO3S. The molecule has 0 aliphatic heterocycles. The normalized spacial score (nSPS) is 10.0. The van der Waals surface area contributed by atoms with Gasteiger partial charge in [0.25, 0.3) is 0 Å². The van der Waals surface area contributed by atoms with Crippen LogP contribution < -0.4 is 29.6 Å². The summed E-state index contributed by atoms with van der Waals surface area (Å²) in [7, 11) is -3.99. The van der Waals surface area contributed by atoms with Gasteiger partial charge < -0.3 is 0 Å². The van der Waals surface area contributed by atoms with Crippen LogP contribution in [-0.2, 0) is 34.7 Å². The minimum atomic E-state index is -3.99. The molecule has 0 aliphatic rings. The van der Waals surface area contributed by atoms with Crippen molar-refractivity contribution >= 4 is 8.54 Å². The summed E-state index contributed by atoms with van der Waals surface area (Å²) < 4.78 is 28.2. The van der Waals surface area contributed by atoms with Crippen LogP contribution in [0.2, 0.25) is 0 Å². The van der Waals surface area contributed by atoms with Gasteiger partial charge in [-0.1, -0.05) is 0 Å². The first-order chi connectivity index (χ1) is 2.56. The molecule has 0 heterocycles. The number of hydrogen-bond acceptors (Lipinski definition) is 3. The molecule has 0 aromatic rings. The van der Waals surface area contributed by atoms with Crippen molar-refractivity contribution in [2.45, 2.75) is 0 Å². The molecule has 0 N–H and O–H groups in total. The first-order valence-electron chi connectivity index (χ1n) is 0.788. The van der Waals surface area contributed by atoms with Gasteiger partial charge in [0.2, 0.25) is 0 Å². The van der Waals surface area contributed by atoms with Gasteiger partial charge in [-0.2, -0.15) is 0 Å². The molecule has 0 fully saturated rings. The SMILES string of the molecule is O=[S](=O)([O-])[Mn][Fe].[Na+]. The summed E-state index contributed by atoms with van der Waals surface area (Å²) in [5, 5.41) is 0. The topological polar surface area (TPSA) is 57.2 Å². The zero-order valence-electron chi connectivity index (χ0n) is 3.36. The van der Waals surface area contributed by atoms with Crippen LogP contribution in [0.15, 0.2) is 0 Å². The second kappa shape index (κ2) is 4.79. The fourth-order valence-corrected chi connectivity index (χ4v) is 0. The van der Waals surface area contributed by atoms with Crippen molar-refractivity contribution in [3.8, 4) is 0 Å². The van der Waals surface area contributed by atoms with Crippen LogP contribution in [0.4, 0.5) is 0 Å². The maximum Gasteiger partial charge on any atom is 1.00 e. The minimum Gasteiger partial charge on any atom is 1.00 e. The van der Waals surface area contributed by atoms with Gasteiger partial charge in [-0.25, -0.2) is 0 Å². The Bertz CT molecular complexity index is 117. The first-order valence-corrected chi connectivity index (χ1v) is 5.68. The predicted octanol–water partition coefficient (Wildman–Crippen LogP) is -4.01. The fourth-order valence-electron chi connectivity index (χ4n) is 0. The molecule has 7 heteroatoms. The molecular weight excluding hydrogens is 214 g/mol. The van der Waals surface area contributed by atoms with E-state index in [1.54, 1.807) is 0 Å². The average molecular weight is 214 g/mol. The largest absolute Gasteiger partial charge is 1.00 e. The summed E-state index contributed by atoms with van der Waals surface area (Å²) in [6.07, 6.45) is 0. The van der Waals surface area contributed by atoms with E-state index in [1.807, 2.05) is 0 Å². The third-order valence-corrected chi connectivity index (χ3v) is 3.41. The molecule has 0 rings (SSSR count).